The van der Waals surface area contributed by atoms with Gasteiger partial charge in [-0.3, -0.25) is 48.6 Å². The molecular formula is C55H73N9O15. The normalized spacial score (nSPS) is 23.8. The van der Waals surface area contributed by atoms with Gasteiger partial charge in [0.2, 0.25) is 41.4 Å². The number of carboxylic acid groups (broad SMARTS) is 1. The van der Waals surface area contributed by atoms with Gasteiger partial charge in [0, 0.05) is 39.7 Å². The summed E-state index contributed by atoms with van der Waals surface area (Å²) in [6, 6.07) is 8.53. The van der Waals surface area contributed by atoms with Crippen molar-refractivity contribution in [2.45, 2.75) is 154 Å². The highest BCUT2D eigenvalue weighted by Crippen LogP contribution is 2.27. The van der Waals surface area contributed by atoms with Gasteiger partial charge in [-0.25, -0.2) is 10.2 Å². The Morgan fingerprint density at radius 1 is 0.759 bits per heavy atom. The number of phenolic OH excluding ortho intramolecular Hbond substituents is 2. The third kappa shape index (κ3) is 17.2. The first-order valence-corrected chi connectivity index (χ1v) is 26.2. The largest absolute Gasteiger partial charge is 0.508 e. The molecule has 0 aromatic heterocycles. The summed E-state index contributed by atoms with van der Waals surface area (Å²) in [5, 5.41) is 54.3. The average Bonchev–Trinajstić information content (AvgIpc) is 3.52. The zero-order valence-corrected chi connectivity index (χ0v) is 45.3. The molecule has 5 rings (SSSR count). The number of hydrogen-bond acceptors (Lipinski definition) is 15. The topological polar surface area (TPSA) is 352 Å². The highest BCUT2D eigenvalue weighted by Gasteiger charge is 2.47. The number of ether oxygens (including phenoxy) is 1. The van der Waals surface area contributed by atoms with E-state index < -0.39 is 145 Å². The van der Waals surface area contributed by atoms with E-state index in [0.717, 1.165) is 9.80 Å². The van der Waals surface area contributed by atoms with E-state index in [1.54, 1.807) is 58.0 Å². The molecule has 3 aromatic rings. The van der Waals surface area contributed by atoms with E-state index in [4.69, 9.17) is 4.74 Å². The minimum Gasteiger partial charge on any atom is -0.508 e. The Balaban J connectivity index is 1.50. The molecule has 2 heterocycles. The second-order valence-electron chi connectivity index (χ2n) is 20.4. The van der Waals surface area contributed by atoms with E-state index in [2.05, 4.69) is 37.4 Å². The fourth-order valence-electron chi connectivity index (χ4n) is 9.29. The minimum absolute atomic E-state index is 0.0322. The molecule has 0 spiro atoms. The first-order valence-electron chi connectivity index (χ1n) is 26.2. The van der Waals surface area contributed by atoms with Gasteiger partial charge < -0.3 is 61.5 Å². The van der Waals surface area contributed by atoms with E-state index in [1.807, 2.05) is 0 Å². The van der Waals surface area contributed by atoms with Crippen LogP contribution >= 0.6 is 0 Å². The molecule has 428 valence electrons. The van der Waals surface area contributed by atoms with Crippen LogP contribution in [0.15, 0.2) is 78.9 Å². The average molecular weight is 1100 g/mol. The lowest BCUT2D eigenvalue weighted by atomic mass is 9.93. The molecule has 11 atom stereocenters. The number of piperidine rings is 1. The number of benzene rings is 3. The Hall–Kier alpha value is -8.12. The lowest BCUT2D eigenvalue weighted by molar-refractivity contribution is -0.167. The predicted octanol–water partition coefficient (Wildman–Crippen LogP) is 0.208. The summed E-state index contributed by atoms with van der Waals surface area (Å²) in [7, 11) is 1.38. The number of likely N-dealkylation sites (N-methyl/N-ethyl adjacent to an activating group) is 1. The second kappa shape index (κ2) is 28.5. The maximum Gasteiger partial charge on any atom is 0.329 e. The highest BCUT2D eigenvalue weighted by molar-refractivity contribution is 5.98. The number of hydrazine groups is 1. The first-order chi connectivity index (χ1) is 37.4. The van der Waals surface area contributed by atoms with Crippen LogP contribution in [0.4, 0.5) is 0 Å². The second-order valence-corrected chi connectivity index (χ2v) is 20.4. The Bertz CT molecular complexity index is 2660. The maximum atomic E-state index is 14.8. The first kappa shape index (κ1) is 61.7. The predicted molar refractivity (Wildman–Crippen MR) is 283 cm³/mol. The molecule has 24 nitrogen and oxygen atoms in total. The van der Waals surface area contributed by atoms with Crippen molar-refractivity contribution in [2.24, 2.45) is 11.8 Å². The SMILES string of the molecule is CC[C@H](C)[C@@H]1NC(=O)[C@H](Cc2ccccc2)N(C)C(=O)C(C(C)C)N2C(=O)[C@H](CC[C@H]2O)NC(=O)C(Cc2ccc(O)cc2)NC(=O)C(NC(=O)CC[C@H](NNC(=O)[C@H](Cc2ccc(O)cc2)NC(C)=O)C(=O)O)[C@@H](C)OC1=O. The third-order valence-corrected chi connectivity index (χ3v) is 14.0. The van der Waals surface area contributed by atoms with Crippen LogP contribution in [-0.4, -0.2) is 157 Å². The summed E-state index contributed by atoms with van der Waals surface area (Å²) in [4.78, 5) is 142. The molecule has 24 heteroatoms. The number of nitrogens with one attached hydrogen (secondary N) is 7. The highest BCUT2D eigenvalue weighted by atomic mass is 16.5. The smallest absolute Gasteiger partial charge is 0.329 e. The zero-order valence-electron chi connectivity index (χ0n) is 45.3. The number of fused-ring (bicyclic) bond motifs is 2. The number of hydrogen-bond donors (Lipinski definition) is 11. The molecule has 8 amide bonds. The molecule has 2 fully saturated rings. The summed E-state index contributed by atoms with van der Waals surface area (Å²) in [5.74, 6) is -10.7. The summed E-state index contributed by atoms with van der Waals surface area (Å²) in [6.07, 6.45) is -4.48. The van der Waals surface area contributed by atoms with Gasteiger partial charge in [-0.05, 0) is 79.0 Å². The Morgan fingerprint density at radius 2 is 1.37 bits per heavy atom. The Kier molecular flexibility index (Phi) is 22.3. The Morgan fingerprint density at radius 3 is 1.95 bits per heavy atom. The van der Waals surface area contributed by atoms with Crippen molar-refractivity contribution in [3.05, 3.63) is 95.6 Å². The number of aromatic hydroxyl groups is 2. The van der Waals surface area contributed by atoms with E-state index in [-0.39, 0.29) is 43.6 Å². The summed E-state index contributed by atoms with van der Waals surface area (Å²) in [5.41, 5.74) is 6.23. The van der Waals surface area contributed by atoms with E-state index in [1.165, 1.54) is 69.4 Å². The van der Waals surface area contributed by atoms with Crippen molar-refractivity contribution in [1.29, 1.82) is 0 Å². The van der Waals surface area contributed by atoms with Gasteiger partial charge >= 0.3 is 11.9 Å². The van der Waals surface area contributed by atoms with Crippen LogP contribution in [0.1, 0.15) is 90.3 Å². The molecule has 2 bridgehead atoms. The molecule has 2 saturated heterocycles. The van der Waals surface area contributed by atoms with Crippen molar-refractivity contribution < 1.29 is 73.1 Å². The number of aliphatic hydroxyl groups is 1. The van der Waals surface area contributed by atoms with Crippen LogP contribution < -0.4 is 37.4 Å². The number of cyclic esters (lactones) is 1. The van der Waals surface area contributed by atoms with Crippen molar-refractivity contribution in [3.8, 4) is 11.5 Å². The number of aliphatic hydroxyl groups excluding tert-OH is 1. The molecule has 0 radical (unpaired) electrons. The van der Waals surface area contributed by atoms with Crippen molar-refractivity contribution in [3.63, 3.8) is 0 Å². The molecule has 3 unspecified atom stereocenters. The zero-order chi connectivity index (χ0) is 58.2. The molecule has 79 heavy (non-hydrogen) atoms. The monoisotopic (exact) mass is 1100 g/mol. The van der Waals surface area contributed by atoms with E-state index >= 15 is 0 Å². The van der Waals surface area contributed by atoms with E-state index in [9.17, 15) is 68.4 Å². The van der Waals surface area contributed by atoms with Gasteiger partial charge in [-0.15, -0.1) is 0 Å². The molecular weight excluding hydrogens is 1030 g/mol. The fourth-order valence-corrected chi connectivity index (χ4v) is 9.29. The number of rotatable bonds is 18. The molecule has 2 aliphatic rings. The lowest BCUT2D eigenvalue weighted by Crippen LogP contribution is -2.66. The summed E-state index contributed by atoms with van der Waals surface area (Å²) in [6.45, 7) is 9.17. The quantitative estimate of drug-likeness (QED) is 0.0599. The van der Waals surface area contributed by atoms with Crippen molar-refractivity contribution in [2.75, 3.05) is 7.05 Å². The van der Waals surface area contributed by atoms with Crippen LogP contribution in [0.3, 0.4) is 0 Å². The van der Waals surface area contributed by atoms with Gasteiger partial charge in [0.25, 0.3) is 5.91 Å². The number of esters is 1. The van der Waals surface area contributed by atoms with Crippen molar-refractivity contribution >= 4 is 59.2 Å². The van der Waals surface area contributed by atoms with Crippen LogP contribution in [0.25, 0.3) is 0 Å². The molecule has 0 saturated carbocycles. The lowest BCUT2D eigenvalue weighted by Gasteiger charge is -2.44. The standard InChI is InChI=1S/C55H73N9O15/c1-8-30(4)45-55(78)79-31(5)46(59-43(68)24-22-39(54(76)77)61-62-49(71)41(56-32(6)65)27-35-16-20-37(67)21-17-35)51(73)58-40(26-34-14-18-36(66)19-15-34)48(70)57-38-23-25-44(69)64(52(38)74)47(29(2)3)53(75)63(7)42(50(72)60-45)28-33-12-10-9-11-13-33/h9-21,29-31,38-42,44-47,61,66-67,69H,8,22-28H2,1-7H3,(H,56,65)(H,57,70)(H,58,73)(H,59,68)(H,60,72)(H,62,71)(H,76,77)/t30-,31+,38-,39-,40?,41-,42-,44+,45-,46?,47?/m0/s1. The van der Waals surface area contributed by atoms with E-state index in [0.29, 0.717) is 23.1 Å². The number of aliphatic carboxylic acids is 1. The number of carbonyl (C=O) groups is 10. The third-order valence-electron chi connectivity index (χ3n) is 14.0. The number of phenols is 2. The summed E-state index contributed by atoms with van der Waals surface area (Å²) >= 11 is 0. The fraction of sp³-hybridized carbons (Fsp3) is 0.491. The Labute approximate surface area is 457 Å². The summed E-state index contributed by atoms with van der Waals surface area (Å²) < 4.78 is 5.92. The minimum atomic E-state index is -1.83. The van der Waals surface area contributed by atoms with Gasteiger partial charge in [-0.2, -0.15) is 0 Å². The van der Waals surface area contributed by atoms with Gasteiger partial charge in [-0.1, -0.05) is 88.7 Å². The molecule has 3 aromatic carbocycles. The van der Waals surface area contributed by atoms with Gasteiger partial charge in [0.1, 0.15) is 72.2 Å². The number of amides is 8. The van der Waals surface area contributed by atoms with Crippen LogP contribution in [0.2, 0.25) is 0 Å². The van der Waals surface area contributed by atoms with Gasteiger partial charge in [0.05, 0.1) is 0 Å². The maximum absolute atomic E-state index is 14.8. The van der Waals surface area contributed by atoms with Crippen LogP contribution in [0, 0.1) is 11.8 Å². The molecule has 11 N–H and O–H groups in total. The molecule has 0 aliphatic carbocycles. The number of nitrogens with zero attached hydrogens (tertiary/aromatic N) is 2. The van der Waals surface area contributed by atoms with Gasteiger partial charge in [0.15, 0.2) is 0 Å². The van der Waals surface area contributed by atoms with Crippen LogP contribution in [-0.2, 0) is 71.9 Å². The number of carboxylic acids is 1. The number of carbonyl (C=O) groups excluding carboxylic acids is 9. The molecule has 2 aliphatic heterocycles. The van der Waals surface area contributed by atoms with Crippen LogP contribution in [0.5, 0.6) is 11.5 Å². The van der Waals surface area contributed by atoms with Crippen molar-refractivity contribution in [1.82, 2.24) is 47.2 Å².